The van der Waals surface area contributed by atoms with E-state index in [0.717, 1.165) is 19.3 Å². The van der Waals surface area contributed by atoms with Crippen LogP contribution in [0.25, 0.3) is 0 Å². The van der Waals surface area contributed by atoms with Crippen LogP contribution < -0.4 is 56.7 Å². The number of hydrogen-bond donors (Lipinski definition) is 1. The third kappa shape index (κ3) is 15.8. The van der Waals surface area contributed by atoms with Crippen LogP contribution in [0.1, 0.15) is 65.7 Å². The summed E-state index contributed by atoms with van der Waals surface area (Å²) in [6, 6.07) is 0. The molecular weight excluding hydrogens is 321 g/mol. The first-order valence-corrected chi connectivity index (χ1v) is 8.89. The number of unbranched alkanes of at least 4 members (excludes halogenated alkanes) is 5. The normalized spacial score (nSPS) is 11.8. The molecule has 0 aliphatic carbocycles. The first-order valence-electron chi connectivity index (χ1n) is 6.91. The maximum absolute atomic E-state index is 10.8. The van der Waals surface area contributed by atoms with Crippen LogP contribution in [0.5, 0.6) is 0 Å². The van der Waals surface area contributed by atoms with Gasteiger partial charge in [-0.15, -0.1) is 0 Å². The van der Waals surface area contributed by atoms with E-state index >= 15 is 0 Å². The smallest absolute Gasteiger partial charge is 0.748 e. The average Bonchev–Trinajstić information content (AvgIpc) is 2.18. The minimum Gasteiger partial charge on any atom is -0.748 e. The van der Waals surface area contributed by atoms with Gasteiger partial charge in [-0.25, -0.2) is 8.42 Å². The van der Waals surface area contributed by atoms with Gasteiger partial charge in [0.1, 0.15) is 0 Å². The fourth-order valence-corrected chi connectivity index (χ4v) is 3.36. The molecule has 4 nitrogen and oxygen atoms in total. The summed E-state index contributed by atoms with van der Waals surface area (Å²) in [6.07, 6.45) is 7.89. The van der Waals surface area contributed by atoms with E-state index in [-0.39, 0.29) is 51.4 Å². The molecule has 0 fully saturated rings. The summed E-state index contributed by atoms with van der Waals surface area (Å²) in [6.45, 7) is 5.54. The second kappa shape index (κ2) is 11.9. The first kappa shape index (κ1) is 23.7. The Morgan fingerprint density at radius 1 is 1.15 bits per heavy atom. The van der Waals surface area contributed by atoms with Crippen molar-refractivity contribution in [2.24, 2.45) is 0 Å². The van der Waals surface area contributed by atoms with Crippen LogP contribution in [-0.2, 0) is 10.1 Å². The number of rotatable bonds is 10. The molecule has 0 heterocycles. The van der Waals surface area contributed by atoms with E-state index in [4.69, 9.17) is 12.2 Å². The van der Waals surface area contributed by atoms with Gasteiger partial charge in [0, 0.05) is 5.54 Å². The van der Waals surface area contributed by atoms with Gasteiger partial charge >= 0.3 is 51.4 Å². The Labute approximate surface area is 172 Å². The molecule has 7 heteroatoms. The topological polar surface area (TPSA) is 69.2 Å². The Bertz CT molecular complexity index is 370. The molecule has 114 valence electrons. The van der Waals surface area contributed by atoms with Crippen LogP contribution in [0.15, 0.2) is 0 Å². The van der Waals surface area contributed by atoms with Gasteiger partial charge in [-0.05, 0) is 26.7 Å². The molecule has 0 saturated heterocycles. The Balaban J connectivity index is 0. The Kier molecular flexibility index (Phi) is 14.1. The third-order valence-electron chi connectivity index (χ3n) is 2.77. The zero-order chi connectivity index (χ0) is 14.9. The molecule has 20 heavy (non-hydrogen) atoms. The number of hydrogen-bond acceptors (Lipinski definition) is 4. The molecule has 0 aromatic heterocycles. The van der Waals surface area contributed by atoms with Gasteiger partial charge in [-0.1, -0.05) is 51.2 Å². The van der Waals surface area contributed by atoms with Gasteiger partial charge in [-0.2, -0.15) is 0 Å². The van der Waals surface area contributed by atoms with Gasteiger partial charge in [-0.3, -0.25) is 0 Å². The Morgan fingerprint density at radius 3 is 2.15 bits per heavy atom. The monoisotopic (exact) mass is 347 g/mol. The minimum absolute atomic E-state index is 0. The molecule has 0 aliphatic rings. The van der Waals surface area contributed by atoms with E-state index in [1.807, 2.05) is 0 Å². The fraction of sp³-hybridized carbons (Fsp3) is 0.923. The summed E-state index contributed by atoms with van der Waals surface area (Å²) in [4.78, 5) is 0.643. The van der Waals surface area contributed by atoms with Crippen LogP contribution in [0.2, 0.25) is 0 Å². The largest absolute Gasteiger partial charge is 1.00 e. The quantitative estimate of drug-likeness (QED) is 0.260. The molecule has 0 atom stereocenters. The summed E-state index contributed by atoms with van der Waals surface area (Å²) < 4.78 is 32.3. The summed E-state index contributed by atoms with van der Waals surface area (Å²) >= 11 is 5.18. The molecule has 0 bridgehead atoms. The minimum atomic E-state index is -4.24. The van der Waals surface area contributed by atoms with Crippen molar-refractivity contribution in [1.82, 2.24) is 5.32 Å². The van der Waals surface area contributed by atoms with E-state index in [9.17, 15) is 13.0 Å². The van der Waals surface area contributed by atoms with Crippen LogP contribution in [0.4, 0.5) is 0 Å². The van der Waals surface area contributed by atoms with Crippen molar-refractivity contribution in [3.05, 3.63) is 0 Å². The average molecular weight is 348 g/mol. The van der Waals surface area contributed by atoms with E-state index in [2.05, 4.69) is 12.2 Å². The van der Waals surface area contributed by atoms with Crippen LogP contribution >= 0.6 is 12.2 Å². The molecule has 0 saturated carbocycles. The van der Waals surface area contributed by atoms with Crippen LogP contribution in [0, 0.1) is 0 Å². The second-order valence-corrected chi connectivity index (χ2v) is 7.55. The zero-order valence-corrected chi connectivity index (χ0v) is 18.0. The molecule has 1 N–H and O–H groups in total. The molecule has 0 unspecified atom stereocenters. The molecule has 0 radical (unpaired) electrons. The summed E-state index contributed by atoms with van der Waals surface area (Å²) in [5.74, 6) is -0.448. The maximum Gasteiger partial charge on any atom is 1.00 e. The molecule has 0 aliphatic heterocycles. The molecule has 0 amide bonds. The van der Waals surface area contributed by atoms with E-state index in [1.54, 1.807) is 13.8 Å². The summed E-state index contributed by atoms with van der Waals surface area (Å²) in [5, 5.41) is 2.97. The third-order valence-corrected chi connectivity index (χ3v) is 4.15. The van der Waals surface area contributed by atoms with Gasteiger partial charge in [0.15, 0.2) is 0 Å². The Morgan fingerprint density at radius 2 is 1.65 bits per heavy atom. The molecular formula is C13H26KNO3S2. The van der Waals surface area contributed by atoms with E-state index in [0.29, 0.717) is 4.99 Å². The van der Waals surface area contributed by atoms with Crippen LogP contribution in [-0.4, -0.2) is 29.3 Å². The van der Waals surface area contributed by atoms with E-state index < -0.39 is 21.4 Å². The molecule has 0 aromatic carbocycles. The molecule has 0 spiro atoms. The molecule has 0 rings (SSSR count). The van der Waals surface area contributed by atoms with E-state index in [1.165, 1.54) is 25.7 Å². The van der Waals surface area contributed by atoms with Gasteiger partial charge in [0.05, 0.1) is 20.9 Å². The van der Waals surface area contributed by atoms with Crippen molar-refractivity contribution in [3.8, 4) is 0 Å². The Hall–Kier alpha value is 1.44. The standard InChI is InChI=1S/C13H27NO3S2.K/c1-4-5-6-7-8-9-10-12(18)14-13(2,3)11-19(15,16)17;/h4-11H2,1-3H3,(H,14,18)(H,15,16,17);/q;+1/p-1. The van der Waals surface area contributed by atoms with Crippen molar-refractivity contribution in [2.45, 2.75) is 71.3 Å². The first-order chi connectivity index (χ1) is 8.66. The predicted molar refractivity (Wildman–Crippen MR) is 82.4 cm³/mol. The van der Waals surface area contributed by atoms with Gasteiger partial charge in [0.25, 0.3) is 0 Å². The van der Waals surface area contributed by atoms with Gasteiger partial charge in [0.2, 0.25) is 0 Å². The summed E-state index contributed by atoms with van der Waals surface area (Å²) in [5.41, 5.74) is -0.792. The maximum atomic E-state index is 10.8. The zero-order valence-electron chi connectivity index (χ0n) is 13.2. The number of nitrogens with one attached hydrogen (secondary N) is 1. The van der Waals surface area contributed by atoms with Crippen molar-refractivity contribution in [2.75, 3.05) is 5.75 Å². The fourth-order valence-electron chi connectivity index (χ4n) is 1.98. The summed E-state index contributed by atoms with van der Waals surface area (Å²) in [7, 11) is -4.24. The number of thiocarbonyl (C=S) groups is 1. The second-order valence-electron chi connectivity index (χ2n) is 5.65. The van der Waals surface area contributed by atoms with Crippen molar-refractivity contribution >= 4 is 27.3 Å². The van der Waals surface area contributed by atoms with Crippen LogP contribution in [0.3, 0.4) is 0 Å². The van der Waals surface area contributed by atoms with Gasteiger partial charge < -0.3 is 9.87 Å². The van der Waals surface area contributed by atoms with Crippen molar-refractivity contribution < 1.29 is 64.4 Å². The van der Waals surface area contributed by atoms with Crippen molar-refractivity contribution in [3.63, 3.8) is 0 Å². The molecule has 0 aromatic rings. The SMILES string of the molecule is CCCCCCCCC(=S)NC(C)(C)CS(=O)(=O)[O-].[K+]. The van der Waals surface area contributed by atoms with Crippen molar-refractivity contribution in [1.29, 1.82) is 0 Å². The predicted octanol–water partition coefficient (Wildman–Crippen LogP) is -0.0182.